The van der Waals surface area contributed by atoms with E-state index in [-0.39, 0.29) is 17.1 Å². The number of para-hydroxylation sites is 3. The second-order valence-electron chi connectivity index (χ2n) is 6.19. The lowest BCUT2D eigenvalue weighted by Crippen LogP contribution is -2.15. The molecule has 0 spiro atoms. The second kappa shape index (κ2) is 9.82. The molecule has 0 fully saturated rings. The first-order valence-corrected chi connectivity index (χ1v) is 9.64. The quantitative estimate of drug-likeness (QED) is 0.354. The molecule has 8 nitrogen and oxygen atoms in total. The first-order chi connectivity index (χ1) is 14.9. The molecule has 0 aliphatic rings. The Morgan fingerprint density at radius 2 is 1.71 bits per heavy atom. The lowest BCUT2D eigenvalue weighted by atomic mass is 10.1. The molecule has 0 radical (unpaired) electrons. The van der Waals surface area contributed by atoms with Crippen molar-refractivity contribution in [2.75, 3.05) is 19.0 Å². The maximum Gasteiger partial charge on any atom is 0.286 e. The number of halogens is 1. The van der Waals surface area contributed by atoms with Gasteiger partial charge >= 0.3 is 0 Å². The molecule has 3 aromatic carbocycles. The van der Waals surface area contributed by atoms with Gasteiger partial charge in [0, 0.05) is 6.07 Å². The van der Waals surface area contributed by atoms with Gasteiger partial charge in [-0.05, 0) is 31.2 Å². The number of nitrogens with one attached hydrogen (secondary N) is 1. The first-order valence-electron chi connectivity index (χ1n) is 9.26. The molecule has 3 rings (SSSR count). The molecule has 0 aliphatic carbocycles. The van der Waals surface area contributed by atoms with Gasteiger partial charge in [-0.3, -0.25) is 14.9 Å². The number of carbonyl (C=O) groups excluding carboxylic acids is 1. The summed E-state index contributed by atoms with van der Waals surface area (Å²) in [7, 11) is 1.36. The van der Waals surface area contributed by atoms with Crippen molar-refractivity contribution >= 4 is 28.9 Å². The Bertz CT molecular complexity index is 1120. The predicted octanol–water partition coefficient (Wildman–Crippen LogP) is 5.70. The van der Waals surface area contributed by atoms with Gasteiger partial charge < -0.3 is 19.5 Å². The van der Waals surface area contributed by atoms with Crippen LogP contribution in [-0.4, -0.2) is 24.5 Å². The summed E-state index contributed by atoms with van der Waals surface area (Å²) in [5.41, 5.74) is -0.278. The van der Waals surface area contributed by atoms with Crippen LogP contribution >= 0.6 is 11.6 Å². The molecule has 0 aromatic heterocycles. The third-order valence-electron chi connectivity index (χ3n) is 4.21. The fourth-order valence-electron chi connectivity index (χ4n) is 2.80. The van der Waals surface area contributed by atoms with Gasteiger partial charge in [0.25, 0.3) is 11.6 Å². The molecule has 0 atom stereocenters. The molecule has 0 saturated heterocycles. The summed E-state index contributed by atoms with van der Waals surface area (Å²) < 4.78 is 16.4. The van der Waals surface area contributed by atoms with E-state index in [1.807, 2.05) is 0 Å². The Balaban J connectivity index is 1.96. The van der Waals surface area contributed by atoms with E-state index in [1.54, 1.807) is 55.5 Å². The van der Waals surface area contributed by atoms with Gasteiger partial charge in [0.2, 0.25) is 0 Å². The van der Waals surface area contributed by atoms with Gasteiger partial charge in [0.05, 0.1) is 35.4 Å². The minimum atomic E-state index is -0.703. The van der Waals surface area contributed by atoms with Crippen LogP contribution in [0.5, 0.6) is 23.0 Å². The zero-order chi connectivity index (χ0) is 22.4. The lowest BCUT2D eigenvalue weighted by molar-refractivity contribution is -0.385. The number of benzene rings is 3. The van der Waals surface area contributed by atoms with Crippen molar-refractivity contribution in [1.29, 1.82) is 0 Å². The zero-order valence-corrected chi connectivity index (χ0v) is 17.5. The number of anilines is 1. The minimum Gasteiger partial charge on any atom is -0.493 e. The number of rotatable bonds is 8. The molecule has 0 aliphatic heterocycles. The highest BCUT2D eigenvalue weighted by Crippen LogP contribution is 2.37. The molecule has 1 N–H and O–H groups in total. The topological polar surface area (TPSA) is 99.9 Å². The summed E-state index contributed by atoms with van der Waals surface area (Å²) >= 11 is 6.15. The number of nitrogens with zero attached hydrogens (tertiary/aromatic N) is 1. The third-order valence-corrected chi connectivity index (χ3v) is 4.53. The number of ether oxygens (including phenoxy) is 3. The molecule has 3 aromatic rings. The van der Waals surface area contributed by atoms with Crippen LogP contribution in [0.3, 0.4) is 0 Å². The number of nitro groups is 1. The zero-order valence-electron chi connectivity index (χ0n) is 16.8. The van der Waals surface area contributed by atoms with E-state index in [0.29, 0.717) is 28.8 Å². The fourth-order valence-corrected chi connectivity index (χ4v) is 2.98. The van der Waals surface area contributed by atoms with Crippen LogP contribution < -0.4 is 19.5 Å². The molecular formula is C22H19ClN2O6. The molecular weight excluding hydrogens is 424 g/mol. The lowest BCUT2D eigenvalue weighted by Gasteiger charge is -2.14. The van der Waals surface area contributed by atoms with E-state index >= 15 is 0 Å². The van der Waals surface area contributed by atoms with E-state index in [0.717, 1.165) is 6.07 Å². The molecule has 0 bridgehead atoms. The number of nitro benzene ring substituents is 1. The van der Waals surface area contributed by atoms with Crippen molar-refractivity contribution in [1.82, 2.24) is 0 Å². The average molecular weight is 443 g/mol. The Kier molecular flexibility index (Phi) is 6.94. The molecule has 9 heteroatoms. The Morgan fingerprint density at radius 1 is 1.03 bits per heavy atom. The van der Waals surface area contributed by atoms with Crippen LogP contribution in [0.15, 0.2) is 60.7 Å². The first kappa shape index (κ1) is 21.9. The normalized spacial score (nSPS) is 10.3. The summed E-state index contributed by atoms with van der Waals surface area (Å²) in [5.74, 6) is 0.407. The summed E-state index contributed by atoms with van der Waals surface area (Å²) in [6.45, 7) is 2.05. The summed E-state index contributed by atoms with van der Waals surface area (Å²) in [5, 5.41) is 14.6. The van der Waals surface area contributed by atoms with Crippen molar-refractivity contribution in [2.45, 2.75) is 6.92 Å². The number of methoxy groups -OCH3 is 1. The van der Waals surface area contributed by atoms with E-state index in [1.165, 1.54) is 13.2 Å². The third kappa shape index (κ3) is 5.04. The second-order valence-corrected chi connectivity index (χ2v) is 6.60. The van der Waals surface area contributed by atoms with Crippen LogP contribution in [0.2, 0.25) is 5.02 Å². The summed E-state index contributed by atoms with van der Waals surface area (Å²) in [6.07, 6.45) is 0. The highest BCUT2D eigenvalue weighted by Gasteiger charge is 2.25. The molecule has 0 unspecified atom stereocenters. The predicted molar refractivity (Wildman–Crippen MR) is 117 cm³/mol. The van der Waals surface area contributed by atoms with Crippen molar-refractivity contribution < 1.29 is 23.9 Å². The van der Waals surface area contributed by atoms with Crippen LogP contribution in [0.1, 0.15) is 17.3 Å². The van der Waals surface area contributed by atoms with Gasteiger partial charge in [-0.15, -0.1) is 0 Å². The van der Waals surface area contributed by atoms with Crippen LogP contribution in [0.4, 0.5) is 11.4 Å². The maximum atomic E-state index is 13.0. The molecule has 0 heterocycles. The smallest absolute Gasteiger partial charge is 0.286 e. The van der Waals surface area contributed by atoms with Crippen molar-refractivity contribution in [3.05, 3.63) is 81.4 Å². The SMILES string of the molecule is CCOc1cc(C(=O)Nc2ccccc2Oc2ccccc2Cl)c([N+](=O)[O-])cc1OC. The van der Waals surface area contributed by atoms with E-state index in [2.05, 4.69) is 5.32 Å². The van der Waals surface area contributed by atoms with Crippen molar-refractivity contribution in [3.63, 3.8) is 0 Å². The van der Waals surface area contributed by atoms with E-state index in [4.69, 9.17) is 25.8 Å². The van der Waals surface area contributed by atoms with E-state index < -0.39 is 16.5 Å². The highest BCUT2D eigenvalue weighted by molar-refractivity contribution is 6.32. The van der Waals surface area contributed by atoms with Crippen molar-refractivity contribution in [2.24, 2.45) is 0 Å². The van der Waals surface area contributed by atoms with Crippen molar-refractivity contribution in [3.8, 4) is 23.0 Å². The molecule has 1 amide bonds. The maximum absolute atomic E-state index is 13.0. The minimum absolute atomic E-state index is 0.160. The standard InChI is InChI=1S/C22H19ClN2O6/c1-3-30-21-12-14(17(25(27)28)13-20(21)29-2)22(26)24-16-9-5-7-11-19(16)31-18-10-6-4-8-15(18)23/h4-13H,3H2,1-2H3,(H,24,26). The Hall–Kier alpha value is -3.78. The van der Waals surface area contributed by atoms with Gasteiger partial charge in [-0.1, -0.05) is 35.9 Å². The van der Waals surface area contributed by atoms with Crippen LogP contribution in [-0.2, 0) is 0 Å². The van der Waals surface area contributed by atoms with Gasteiger partial charge in [0.1, 0.15) is 11.3 Å². The van der Waals surface area contributed by atoms with E-state index in [9.17, 15) is 14.9 Å². The molecule has 160 valence electrons. The number of hydrogen-bond donors (Lipinski definition) is 1. The Labute approximate surface area is 183 Å². The summed E-state index contributed by atoms with van der Waals surface area (Å²) in [6, 6.07) is 16.0. The van der Waals surface area contributed by atoms with Gasteiger partial charge in [-0.25, -0.2) is 0 Å². The van der Waals surface area contributed by atoms with Crippen LogP contribution in [0.25, 0.3) is 0 Å². The fraction of sp³-hybridized carbons (Fsp3) is 0.136. The Morgan fingerprint density at radius 3 is 2.35 bits per heavy atom. The average Bonchev–Trinajstić information content (AvgIpc) is 2.76. The summed E-state index contributed by atoms with van der Waals surface area (Å²) in [4.78, 5) is 23.9. The molecule has 0 saturated carbocycles. The van der Waals surface area contributed by atoms with Gasteiger partial charge in [0.15, 0.2) is 17.2 Å². The highest BCUT2D eigenvalue weighted by atomic mass is 35.5. The molecule has 31 heavy (non-hydrogen) atoms. The largest absolute Gasteiger partial charge is 0.493 e. The monoisotopic (exact) mass is 442 g/mol. The number of carbonyl (C=O) groups is 1. The van der Waals surface area contributed by atoms with Gasteiger partial charge in [-0.2, -0.15) is 0 Å². The number of amides is 1. The number of hydrogen-bond acceptors (Lipinski definition) is 6. The van der Waals surface area contributed by atoms with Crippen LogP contribution in [0, 0.1) is 10.1 Å².